The molecule has 2 saturated carbocycles. The van der Waals surface area contributed by atoms with Crippen LogP contribution < -0.4 is 0 Å². The first-order valence-electron chi connectivity index (χ1n) is 12.0. The Morgan fingerprint density at radius 3 is 2.21 bits per heavy atom. The highest BCUT2D eigenvalue weighted by Crippen LogP contribution is 2.62. The minimum absolute atomic E-state index is 0.442. The molecule has 0 radical (unpaired) electrons. The summed E-state index contributed by atoms with van der Waals surface area (Å²) in [5.41, 5.74) is 4.15. The molecule has 4 aliphatic rings. The maximum Gasteiger partial charge on any atom is 0.184 e. The van der Waals surface area contributed by atoms with Gasteiger partial charge in [0.05, 0.1) is 6.10 Å². The van der Waals surface area contributed by atoms with Crippen molar-refractivity contribution in [2.45, 2.75) is 116 Å². The summed E-state index contributed by atoms with van der Waals surface area (Å²) in [5.74, 6) is 2.72. The minimum Gasteiger partial charge on any atom is -0.414 e. The molecule has 0 spiro atoms. The van der Waals surface area contributed by atoms with Crippen LogP contribution in [0.5, 0.6) is 0 Å². The largest absolute Gasteiger partial charge is 0.414 e. The molecule has 28 heavy (non-hydrogen) atoms. The van der Waals surface area contributed by atoms with Crippen LogP contribution in [0.25, 0.3) is 0 Å². The van der Waals surface area contributed by atoms with Gasteiger partial charge in [-0.3, -0.25) is 0 Å². The van der Waals surface area contributed by atoms with E-state index in [0.717, 1.165) is 17.8 Å². The average Bonchev–Trinajstić information content (AvgIpc) is 2.88. The van der Waals surface area contributed by atoms with Crippen LogP contribution in [0.2, 0.25) is 39.3 Å². The number of fused-ring (bicyclic) bond motifs is 4. The molecule has 0 aliphatic heterocycles. The van der Waals surface area contributed by atoms with Gasteiger partial charge in [-0.1, -0.05) is 18.1 Å². The second-order valence-corrected chi connectivity index (χ2v) is 21.4. The Labute approximate surface area is 176 Å². The molecule has 4 heteroatoms. The molecule has 0 aromatic heterocycles. The maximum absolute atomic E-state index is 6.73. The van der Waals surface area contributed by atoms with Gasteiger partial charge in [-0.15, -0.1) is 0 Å². The van der Waals surface area contributed by atoms with E-state index in [2.05, 4.69) is 46.2 Å². The number of hydrogen-bond acceptors (Lipinski definition) is 2. The zero-order valence-corrected chi connectivity index (χ0v) is 21.6. The van der Waals surface area contributed by atoms with Crippen LogP contribution in [0.4, 0.5) is 0 Å². The molecule has 4 rings (SSSR count). The van der Waals surface area contributed by atoms with Crippen molar-refractivity contribution in [2.24, 2.45) is 23.2 Å². The van der Waals surface area contributed by atoms with Gasteiger partial charge in [0.15, 0.2) is 16.6 Å². The van der Waals surface area contributed by atoms with Gasteiger partial charge < -0.3 is 8.85 Å². The quantitative estimate of drug-likeness (QED) is 0.355. The third kappa shape index (κ3) is 4.13. The Morgan fingerprint density at radius 1 is 0.821 bits per heavy atom. The molecule has 0 heterocycles. The molecule has 160 valence electrons. The van der Waals surface area contributed by atoms with E-state index >= 15 is 0 Å². The summed E-state index contributed by atoms with van der Waals surface area (Å²) in [6, 6.07) is 0. The molecule has 0 aromatic carbocycles. The van der Waals surface area contributed by atoms with Crippen LogP contribution in [0.3, 0.4) is 0 Å². The summed E-state index contributed by atoms with van der Waals surface area (Å²) in [4.78, 5) is 0. The highest BCUT2D eigenvalue weighted by Gasteiger charge is 2.56. The van der Waals surface area contributed by atoms with Crippen molar-refractivity contribution >= 4 is 16.6 Å². The predicted octanol–water partition coefficient (Wildman–Crippen LogP) is 7.14. The SMILES string of the molecule is CC12CCC3C4=C(CCC3C1CCC2O[Si](C)(C)C)CC(O[Si](C)(C)C)CC4. The van der Waals surface area contributed by atoms with Crippen molar-refractivity contribution in [1.82, 2.24) is 0 Å². The van der Waals surface area contributed by atoms with E-state index in [0.29, 0.717) is 17.6 Å². The second-order valence-electron chi connectivity index (χ2n) is 12.5. The van der Waals surface area contributed by atoms with Crippen LogP contribution in [0, 0.1) is 23.2 Å². The van der Waals surface area contributed by atoms with E-state index in [1.165, 1.54) is 57.8 Å². The predicted molar refractivity (Wildman–Crippen MR) is 124 cm³/mol. The summed E-state index contributed by atoms with van der Waals surface area (Å²) in [5, 5.41) is 0. The van der Waals surface area contributed by atoms with E-state index in [4.69, 9.17) is 8.85 Å². The summed E-state index contributed by atoms with van der Waals surface area (Å²) in [6.45, 7) is 16.7. The van der Waals surface area contributed by atoms with Crippen LogP contribution in [0.1, 0.15) is 64.7 Å². The Hall–Kier alpha value is 0.0938. The molecule has 0 N–H and O–H groups in total. The third-order valence-corrected chi connectivity index (χ3v) is 10.3. The molecule has 0 bridgehead atoms. The van der Waals surface area contributed by atoms with E-state index in [-0.39, 0.29) is 0 Å². The zero-order chi connectivity index (χ0) is 20.3. The monoisotopic (exact) mass is 420 g/mol. The maximum atomic E-state index is 6.73. The highest BCUT2D eigenvalue weighted by atomic mass is 28.4. The summed E-state index contributed by atoms with van der Waals surface area (Å²) < 4.78 is 13.2. The molecule has 0 saturated heterocycles. The lowest BCUT2D eigenvalue weighted by Gasteiger charge is -2.53. The van der Waals surface area contributed by atoms with Crippen molar-refractivity contribution in [1.29, 1.82) is 0 Å². The van der Waals surface area contributed by atoms with Gasteiger partial charge in [0.1, 0.15) is 0 Å². The lowest BCUT2D eigenvalue weighted by molar-refractivity contribution is -0.0248. The molecule has 2 nitrogen and oxygen atoms in total. The van der Waals surface area contributed by atoms with Crippen molar-refractivity contribution in [3.63, 3.8) is 0 Å². The third-order valence-electron chi connectivity index (χ3n) is 8.26. The Morgan fingerprint density at radius 2 is 1.54 bits per heavy atom. The molecular formula is C24H44O2Si2. The molecular weight excluding hydrogens is 376 g/mol. The van der Waals surface area contributed by atoms with Crippen LogP contribution in [-0.2, 0) is 8.85 Å². The first kappa shape index (κ1) is 21.3. The van der Waals surface area contributed by atoms with Crippen LogP contribution in [0.15, 0.2) is 11.1 Å². The summed E-state index contributed by atoms with van der Waals surface area (Å²) in [7, 11) is -2.89. The first-order valence-corrected chi connectivity index (χ1v) is 18.8. The lowest BCUT2D eigenvalue weighted by atomic mass is 9.54. The van der Waals surface area contributed by atoms with Crippen molar-refractivity contribution in [2.75, 3.05) is 0 Å². The standard InChI is InChI=1S/C24H44O2Si2/c1-24-15-14-20-19-11-9-18(25-27(2,3)4)16-17(19)8-10-21(20)22(24)12-13-23(24)26-28(5,6)7/h18,20-23H,8-16H2,1-7H3. The fourth-order valence-corrected chi connectivity index (χ4v) is 9.79. The molecule has 6 atom stereocenters. The van der Waals surface area contributed by atoms with E-state index in [1.807, 2.05) is 11.1 Å². The normalized spacial score (nSPS) is 41.5. The van der Waals surface area contributed by atoms with E-state index < -0.39 is 16.6 Å². The highest BCUT2D eigenvalue weighted by molar-refractivity contribution is 6.70. The molecule has 6 unspecified atom stereocenters. The van der Waals surface area contributed by atoms with E-state index in [1.54, 1.807) is 0 Å². The van der Waals surface area contributed by atoms with Crippen LogP contribution >= 0.6 is 0 Å². The van der Waals surface area contributed by atoms with Gasteiger partial charge in [-0.2, -0.15) is 0 Å². The zero-order valence-electron chi connectivity index (χ0n) is 19.6. The summed E-state index contributed by atoms with van der Waals surface area (Å²) in [6.07, 6.45) is 13.2. The van der Waals surface area contributed by atoms with Gasteiger partial charge in [0, 0.05) is 6.10 Å². The minimum atomic E-state index is -1.46. The number of allylic oxidation sites excluding steroid dienone is 1. The van der Waals surface area contributed by atoms with Crippen molar-refractivity contribution in [3.8, 4) is 0 Å². The molecule has 4 aliphatic carbocycles. The lowest BCUT2D eigenvalue weighted by Crippen LogP contribution is -2.48. The Bertz CT molecular complexity index is 629. The summed E-state index contributed by atoms with van der Waals surface area (Å²) >= 11 is 0. The average molecular weight is 421 g/mol. The van der Waals surface area contributed by atoms with Crippen molar-refractivity contribution in [3.05, 3.63) is 11.1 Å². The second kappa shape index (κ2) is 7.35. The topological polar surface area (TPSA) is 18.5 Å². The Kier molecular flexibility index (Phi) is 5.60. The fourth-order valence-electron chi connectivity index (χ4n) is 7.35. The molecule has 0 aromatic rings. The number of rotatable bonds is 4. The molecule has 0 amide bonds. The van der Waals surface area contributed by atoms with Gasteiger partial charge in [0.2, 0.25) is 0 Å². The van der Waals surface area contributed by atoms with Gasteiger partial charge in [-0.25, -0.2) is 0 Å². The van der Waals surface area contributed by atoms with Gasteiger partial charge >= 0.3 is 0 Å². The Balaban J connectivity index is 1.49. The van der Waals surface area contributed by atoms with Gasteiger partial charge in [-0.05, 0) is 120 Å². The van der Waals surface area contributed by atoms with Crippen LogP contribution in [-0.4, -0.2) is 28.8 Å². The smallest absolute Gasteiger partial charge is 0.184 e. The first-order chi connectivity index (χ1) is 13.0. The molecule has 2 fully saturated rings. The van der Waals surface area contributed by atoms with E-state index in [9.17, 15) is 0 Å². The fraction of sp³-hybridized carbons (Fsp3) is 0.917. The number of hydrogen-bond donors (Lipinski definition) is 0. The van der Waals surface area contributed by atoms with Gasteiger partial charge in [0.25, 0.3) is 0 Å². The van der Waals surface area contributed by atoms with Crippen molar-refractivity contribution < 1.29 is 8.85 Å².